The number of benzene rings is 5. The molecule has 0 bridgehead atoms. The van der Waals surface area contributed by atoms with Gasteiger partial charge in [-0.3, -0.25) is 0 Å². The molecule has 0 aromatic heterocycles. The third-order valence-corrected chi connectivity index (χ3v) is 5.70. The highest BCUT2D eigenvalue weighted by atomic mass is 16.3. The Hall–Kier alpha value is -4.30. The van der Waals surface area contributed by atoms with Crippen LogP contribution in [0.15, 0.2) is 121 Å². The van der Waals surface area contributed by atoms with E-state index in [-0.39, 0.29) is 11.5 Å². The standard InChI is InChI=1S/C30H22O2/c31-27-17-15-22(16-18-27)21-11-13-23(14-12-21)26-19-28(24-7-3-1-4-8-24)30(32)29(20-26)25-9-5-2-6-10-25/h1-20,31-32H. The molecule has 5 rings (SSSR count). The van der Waals surface area contributed by atoms with Crippen molar-refractivity contribution in [3.63, 3.8) is 0 Å². The monoisotopic (exact) mass is 414 g/mol. The Balaban J connectivity index is 1.63. The lowest BCUT2D eigenvalue weighted by molar-refractivity contribution is 0.475. The van der Waals surface area contributed by atoms with Gasteiger partial charge in [0.05, 0.1) is 0 Å². The van der Waals surface area contributed by atoms with Crippen LogP contribution in [0.2, 0.25) is 0 Å². The molecule has 5 aromatic carbocycles. The lowest BCUT2D eigenvalue weighted by Gasteiger charge is -2.14. The van der Waals surface area contributed by atoms with Crippen LogP contribution in [0.25, 0.3) is 44.5 Å². The first-order valence-electron chi connectivity index (χ1n) is 10.6. The maximum absolute atomic E-state index is 11.2. The maximum Gasteiger partial charge on any atom is 0.131 e. The zero-order valence-corrected chi connectivity index (χ0v) is 17.4. The van der Waals surface area contributed by atoms with Crippen molar-refractivity contribution in [2.24, 2.45) is 0 Å². The van der Waals surface area contributed by atoms with Crippen LogP contribution in [0.4, 0.5) is 0 Å². The zero-order chi connectivity index (χ0) is 21.9. The van der Waals surface area contributed by atoms with Crippen molar-refractivity contribution in [2.75, 3.05) is 0 Å². The Morgan fingerprint density at radius 3 is 1.16 bits per heavy atom. The molecule has 0 aliphatic carbocycles. The third kappa shape index (κ3) is 3.86. The summed E-state index contributed by atoms with van der Waals surface area (Å²) in [4.78, 5) is 0. The van der Waals surface area contributed by atoms with Crippen molar-refractivity contribution < 1.29 is 10.2 Å². The lowest BCUT2D eigenvalue weighted by atomic mass is 9.91. The second kappa shape index (κ2) is 8.44. The lowest BCUT2D eigenvalue weighted by Crippen LogP contribution is -1.88. The van der Waals surface area contributed by atoms with E-state index in [0.29, 0.717) is 0 Å². The molecule has 0 spiro atoms. The summed E-state index contributed by atoms with van der Waals surface area (Å²) in [6.07, 6.45) is 0. The fourth-order valence-corrected chi connectivity index (χ4v) is 3.99. The molecule has 32 heavy (non-hydrogen) atoms. The summed E-state index contributed by atoms with van der Waals surface area (Å²) >= 11 is 0. The van der Waals surface area contributed by atoms with Gasteiger partial charge in [-0.2, -0.15) is 0 Å². The van der Waals surface area contributed by atoms with Crippen LogP contribution >= 0.6 is 0 Å². The molecule has 0 aliphatic rings. The molecule has 0 unspecified atom stereocenters. The van der Waals surface area contributed by atoms with Gasteiger partial charge in [0.1, 0.15) is 11.5 Å². The SMILES string of the molecule is Oc1ccc(-c2ccc(-c3cc(-c4ccccc4)c(O)c(-c4ccccc4)c3)cc2)cc1. The molecule has 2 heteroatoms. The Labute approximate surface area is 187 Å². The molecule has 0 fully saturated rings. The summed E-state index contributed by atoms with van der Waals surface area (Å²) in [6.45, 7) is 0. The smallest absolute Gasteiger partial charge is 0.131 e. The van der Waals surface area contributed by atoms with Crippen molar-refractivity contribution in [3.05, 3.63) is 121 Å². The summed E-state index contributed by atoms with van der Waals surface area (Å²) in [5.41, 5.74) is 7.82. The minimum Gasteiger partial charge on any atom is -0.508 e. The molecule has 0 radical (unpaired) electrons. The van der Waals surface area contributed by atoms with Gasteiger partial charge in [-0.25, -0.2) is 0 Å². The fourth-order valence-electron chi connectivity index (χ4n) is 3.99. The second-order valence-electron chi connectivity index (χ2n) is 7.78. The number of hydrogen-bond donors (Lipinski definition) is 2. The summed E-state index contributed by atoms with van der Waals surface area (Å²) in [7, 11) is 0. The van der Waals surface area contributed by atoms with Crippen LogP contribution in [0.1, 0.15) is 0 Å². The van der Waals surface area contributed by atoms with Crippen molar-refractivity contribution in [1.82, 2.24) is 0 Å². The largest absolute Gasteiger partial charge is 0.508 e. The van der Waals surface area contributed by atoms with Gasteiger partial charge in [-0.1, -0.05) is 97.1 Å². The number of hydrogen-bond acceptors (Lipinski definition) is 2. The van der Waals surface area contributed by atoms with E-state index in [4.69, 9.17) is 0 Å². The summed E-state index contributed by atoms with van der Waals surface area (Å²) < 4.78 is 0. The van der Waals surface area contributed by atoms with Gasteiger partial charge >= 0.3 is 0 Å². The van der Waals surface area contributed by atoms with Crippen LogP contribution < -0.4 is 0 Å². The van der Waals surface area contributed by atoms with Crippen LogP contribution in [-0.4, -0.2) is 10.2 Å². The normalized spacial score (nSPS) is 10.8. The average Bonchev–Trinajstić information content (AvgIpc) is 2.86. The van der Waals surface area contributed by atoms with Gasteiger partial charge in [0.2, 0.25) is 0 Å². The van der Waals surface area contributed by atoms with Gasteiger partial charge in [-0.05, 0) is 57.6 Å². The van der Waals surface area contributed by atoms with E-state index >= 15 is 0 Å². The number of rotatable bonds is 4. The Morgan fingerprint density at radius 2 is 0.719 bits per heavy atom. The first-order valence-corrected chi connectivity index (χ1v) is 10.6. The highest BCUT2D eigenvalue weighted by Gasteiger charge is 2.14. The molecule has 0 heterocycles. The van der Waals surface area contributed by atoms with E-state index in [0.717, 1.165) is 44.5 Å². The quantitative estimate of drug-likeness (QED) is 0.315. The predicted molar refractivity (Wildman–Crippen MR) is 132 cm³/mol. The summed E-state index contributed by atoms with van der Waals surface area (Å²) in [6, 6.07) is 39.6. The van der Waals surface area contributed by atoms with E-state index in [1.165, 1.54) is 0 Å². The molecule has 5 aromatic rings. The van der Waals surface area contributed by atoms with E-state index in [1.54, 1.807) is 12.1 Å². The highest BCUT2D eigenvalue weighted by Crippen LogP contribution is 2.42. The Bertz CT molecular complexity index is 1280. The highest BCUT2D eigenvalue weighted by molar-refractivity contribution is 5.88. The predicted octanol–water partition coefficient (Wildman–Crippen LogP) is 7.77. The van der Waals surface area contributed by atoms with Gasteiger partial charge < -0.3 is 10.2 Å². The van der Waals surface area contributed by atoms with E-state index in [1.807, 2.05) is 84.9 Å². The average molecular weight is 415 g/mol. The van der Waals surface area contributed by atoms with Gasteiger partial charge in [0, 0.05) is 11.1 Å². The van der Waals surface area contributed by atoms with Crippen LogP contribution in [0.5, 0.6) is 11.5 Å². The molecule has 154 valence electrons. The van der Waals surface area contributed by atoms with Crippen molar-refractivity contribution >= 4 is 0 Å². The second-order valence-corrected chi connectivity index (χ2v) is 7.78. The first kappa shape index (κ1) is 19.7. The maximum atomic E-state index is 11.2. The van der Waals surface area contributed by atoms with Crippen LogP contribution in [0, 0.1) is 0 Å². The van der Waals surface area contributed by atoms with E-state index in [9.17, 15) is 10.2 Å². The molecule has 2 nitrogen and oxygen atoms in total. The molecule has 0 amide bonds. The zero-order valence-electron chi connectivity index (χ0n) is 17.4. The van der Waals surface area contributed by atoms with Gasteiger partial charge in [0.15, 0.2) is 0 Å². The van der Waals surface area contributed by atoms with Gasteiger partial charge in [0.25, 0.3) is 0 Å². The fraction of sp³-hybridized carbons (Fsp3) is 0. The molecule has 0 aliphatic heterocycles. The first-order chi connectivity index (χ1) is 15.7. The van der Waals surface area contributed by atoms with E-state index < -0.39 is 0 Å². The Morgan fingerprint density at radius 1 is 0.344 bits per heavy atom. The number of aromatic hydroxyl groups is 2. The minimum atomic E-state index is 0.261. The Kier molecular flexibility index (Phi) is 5.19. The molecule has 2 N–H and O–H groups in total. The topological polar surface area (TPSA) is 40.5 Å². The van der Waals surface area contributed by atoms with Crippen molar-refractivity contribution in [1.29, 1.82) is 0 Å². The van der Waals surface area contributed by atoms with Crippen molar-refractivity contribution in [2.45, 2.75) is 0 Å². The molecule has 0 atom stereocenters. The van der Waals surface area contributed by atoms with Gasteiger partial charge in [-0.15, -0.1) is 0 Å². The van der Waals surface area contributed by atoms with Crippen LogP contribution in [-0.2, 0) is 0 Å². The molecule has 0 saturated heterocycles. The number of phenols is 2. The van der Waals surface area contributed by atoms with E-state index in [2.05, 4.69) is 24.3 Å². The summed E-state index contributed by atoms with van der Waals surface area (Å²) in [5.74, 6) is 0.545. The molecular formula is C30H22O2. The van der Waals surface area contributed by atoms with Crippen LogP contribution in [0.3, 0.4) is 0 Å². The molecular weight excluding hydrogens is 392 g/mol. The third-order valence-electron chi connectivity index (χ3n) is 5.70. The molecule has 0 saturated carbocycles. The van der Waals surface area contributed by atoms with Crippen molar-refractivity contribution in [3.8, 4) is 56.0 Å². The summed E-state index contributed by atoms with van der Waals surface area (Å²) in [5, 5.41) is 20.7. The number of phenolic OH excluding ortho intramolecular Hbond substituents is 2. The minimum absolute atomic E-state index is 0.261.